The van der Waals surface area contributed by atoms with Crippen LogP contribution in [0.5, 0.6) is 0 Å². The average molecular weight is 586 g/mol. The molecule has 0 aliphatic carbocycles. The molecule has 0 saturated heterocycles. The monoisotopic (exact) mass is 585 g/mol. The number of nitrogens with zero attached hydrogens (tertiary/aromatic N) is 2. The van der Waals surface area contributed by atoms with Gasteiger partial charge in [-0.15, -0.1) is 8.66 Å². The maximum atomic E-state index is 15.0. The lowest BCUT2D eigenvalue weighted by Crippen LogP contribution is -1.94. The summed E-state index contributed by atoms with van der Waals surface area (Å²) in [5.41, 5.74) is 10.7. The Kier molecular flexibility index (Phi) is 6.29. The van der Waals surface area contributed by atoms with E-state index in [0.717, 1.165) is 66.2 Å². The third kappa shape index (κ3) is 4.20. The van der Waals surface area contributed by atoms with Gasteiger partial charge >= 0.3 is 7.73 Å². The molecule has 4 heteroatoms. The van der Waals surface area contributed by atoms with Crippen molar-refractivity contribution in [1.29, 1.82) is 0 Å². The van der Waals surface area contributed by atoms with E-state index in [0.29, 0.717) is 0 Å². The summed E-state index contributed by atoms with van der Waals surface area (Å²) in [6, 6.07) is 51.0. The van der Waals surface area contributed by atoms with Crippen LogP contribution in [0.4, 0.5) is 0 Å². The number of para-hydroxylation sites is 2. The predicted octanol–water partition coefficient (Wildman–Crippen LogP) is 11.4. The first-order chi connectivity index (χ1) is 21.6. The molecule has 0 aliphatic rings. The zero-order valence-corrected chi connectivity index (χ0v) is 25.5. The van der Waals surface area contributed by atoms with E-state index < -0.39 is 7.73 Å². The van der Waals surface area contributed by atoms with Crippen LogP contribution in [-0.4, -0.2) is 8.66 Å². The van der Waals surface area contributed by atoms with Gasteiger partial charge in [-0.1, -0.05) is 132 Å². The van der Waals surface area contributed by atoms with Crippen LogP contribution >= 0.6 is 7.73 Å². The highest BCUT2D eigenvalue weighted by molar-refractivity contribution is 7.30. The number of hydrogen-bond donors (Lipinski definition) is 0. The van der Waals surface area contributed by atoms with Gasteiger partial charge in [0.05, 0.1) is 0 Å². The summed E-state index contributed by atoms with van der Waals surface area (Å²) in [7, 11) is -2.07. The lowest BCUT2D eigenvalue weighted by Gasteiger charge is -2.11. The summed E-state index contributed by atoms with van der Waals surface area (Å²) in [5.74, 6) is 0. The van der Waals surface area contributed by atoms with Crippen LogP contribution in [0, 0.1) is 13.8 Å². The number of fused-ring (bicyclic) bond motifs is 3. The van der Waals surface area contributed by atoms with E-state index in [9.17, 15) is 0 Å². The Morgan fingerprint density at radius 3 is 1.23 bits per heavy atom. The first-order valence-corrected chi connectivity index (χ1v) is 16.1. The van der Waals surface area contributed by atoms with Crippen molar-refractivity contribution >= 4 is 40.3 Å². The molecule has 3 nitrogen and oxygen atoms in total. The van der Waals surface area contributed by atoms with E-state index in [1.807, 2.05) is 20.8 Å². The predicted molar refractivity (Wildman–Crippen MR) is 186 cm³/mol. The summed E-state index contributed by atoms with van der Waals surface area (Å²) in [6.45, 7) is 4.21. The highest BCUT2D eigenvalue weighted by Crippen LogP contribution is 2.43. The Balaban J connectivity index is 1.46. The molecule has 0 aliphatic heterocycles. The molecule has 0 atom stereocenters. The van der Waals surface area contributed by atoms with E-state index in [4.69, 9.17) is 0 Å². The molecule has 1 aromatic heterocycles. The van der Waals surface area contributed by atoms with Crippen LogP contribution in [-0.2, 0) is 4.57 Å². The second kappa shape index (κ2) is 10.5. The molecule has 8 aromatic rings. The third-order valence-electron chi connectivity index (χ3n) is 8.63. The minimum Gasteiger partial charge on any atom is -0.109 e. The Morgan fingerprint density at radius 2 is 0.818 bits per heavy atom. The molecule has 0 spiro atoms. The molecule has 0 fully saturated rings. The smallest absolute Gasteiger partial charge is 0.109 e. The van der Waals surface area contributed by atoms with Crippen molar-refractivity contribution < 1.29 is 4.57 Å². The van der Waals surface area contributed by atoms with Gasteiger partial charge in [0.1, 0.15) is 22.4 Å². The Bertz CT molecular complexity index is 2240. The molecule has 7 aromatic carbocycles. The summed E-state index contributed by atoms with van der Waals surface area (Å²) in [6.07, 6.45) is 0. The van der Waals surface area contributed by atoms with Crippen LogP contribution in [0.2, 0.25) is 0 Å². The van der Waals surface area contributed by atoms with Gasteiger partial charge in [-0.2, -0.15) is 0 Å². The number of hydrogen-bond acceptors (Lipinski definition) is 1. The standard InChI is InChI=1S/C40H30N2OP/c1-27-19-23-29(24-20-27)33-13-5-9-31-11-7-17-37(39(31)33)41-35-15-3-4-16-36(35)42(44(41)43)38-18-8-12-32-10-6-14-34(40(32)38)30-25-21-28(2)22-26-30/h3-26H,1-2H3/q+1. The highest BCUT2D eigenvalue weighted by atomic mass is 31.1. The third-order valence-corrected chi connectivity index (χ3v) is 10.2. The van der Waals surface area contributed by atoms with Crippen molar-refractivity contribution in [2.24, 2.45) is 0 Å². The molecule has 0 bridgehead atoms. The Morgan fingerprint density at radius 1 is 0.432 bits per heavy atom. The second-order valence-corrected chi connectivity index (χ2v) is 12.8. The molecule has 1 heterocycles. The molecule has 0 unspecified atom stereocenters. The molecular formula is C40H30N2OP+. The van der Waals surface area contributed by atoms with Gasteiger partial charge in [-0.25, -0.2) is 0 Å². The van der Waals surface area contributed by atoms with E-state index in [2.05, 4.69) is 147 Å². The fraction of sp³-hybridized carbons (Fsp3) is 0.0500. The van der Waals surface area contributed by atoms with Crippen molar-refractivity contribution in [3.8, 4) is 33.6 Å². The summed E-state index contributed by atoms with van der Waals surface area (Å²) in [4.78, 5) is 0. The molecule has 0 saturated carbocycles. The molecular weight excluding hydrogens is 555 g/mol. The van der Waals surface area contributed by atoms with Crippen molar-refractivity contribution in [2.45, 2.75) is 13.8 Å². The largest absolute Gasteiger partial charge is 0.605 e. The first kappa shape index (κ1) is 26.4. The fourth-order valence-corrected chi connectivity index (χ4v) is 8.07. The van der Waals surface area contributed by atoms with Gasteiger partial charge in [0.15, 0.2) is 0 Å². The van der Waals surface area contributed by atoms with E-state index in [-0.39, 0.29) is 0 Å². The zero-order chi connectivity index (χ0) is 29.8. The highest BCUT2D eigenvalue weighted by Gasteiger charge is 2.29. The summed E-state index contributed by atoms with van der Waals surface area (Å²) < 4.78 is 19.1. The van der Waals surface area contributed by atoms with Gasteiger partial charge in [0.25, 0.3) is 0 Å². The zero-order valence-electron chi connectivity index (χ0n) is 24.6. The fourth-order valence-electron chi connectivity index (χ4n) is 6.48. The SMILES string of the molecule is Cc1ccc(-c2cccc3cccc(-n4c5ccccc5n(-c5cccc6cccc(-c7ccc(C)cc7)c56)[p+]4=O)c23)cc1. The van der Waals surface area contributed by atoms with Crippen LogP contribution in [0.25, 0.3) is 66.2 Å². The quantitative estimate of drug-likeness (QED) is 0.202. The van der Waals surface area contributed by atoms with Crippen molar-refractivity contribution in [3.63, 3.8) is 0 Å². The summed E-state index contributed by atoms with van der Waals surface area (Å²) >= 11 is 0. The van der Waals surface area contributed by atoms with Crippen molar-refractivity contribution in [1.82, 2.24) is 8.66 Å². The summed E-state index contributed by atoms with van der Waals surface area (Å²) in [5, 5.41) is 4.42. The van der Waals surface area contributed by atoms with Crippen LogP contribution < -0.4 is 0 Å². The lowest BCUT2D eigenvalue weighted by atomic mass is 9.96. The molecule has 44 heavy (non-hydrogen) atoms. The number of aromatic nitrogens is 2. The molecule has 0 radical (unpaired) electrons. The van der Waals surface area contributed by atoms with Crippen molar-refractivity contribution in [3.05, 3.63) is 157 Å². The minimum absolute atomic E-state index is 0.935. The molecule has 8 rings (SSSR count). The van der Waals surface area contributed by atoms with Crippen LogP contribution in [0.15, 0.2) is 146 Å². The van der Waals surface area contributed by atoms with Crippen LogP contribution in [0.1, 0.15) is 11.1 Å². The topological polar surface area (TPSA) is 26.9 Å². The Hall–Kier alpha value is -5.24. The normalized spacial score (nSPS) is 11.5. The molecule has 0 amide bonds. The maximum Gasteiger partial charge on any atom is 0.605 e. The number of aryl methyl sites for hydroxylation is 2. The minimum atomic E-state index is -2.07. The lowest BCUT2D eigenvalue weighted by molar-refractivity contribution is 0.589. The van der Waals surface area contributed by atoms with E-state index in [1.165, 1.54) is 11.1 Å². The van der Waals surface area contributed by atoms with Gasteiger partial charge in [-0.05, 0) is 75.7 Å². The average Bonchev–Trinajstić information content (AvgIpc) is 3.35. The second-order valence-electron chi connectivity index (χ2n) is 11.5. The van der Waals surface area contributed by atoms with E-state index in [1.54, 1.807) is 0 Å². The van der Waals surface area contributed by atoms with Crippen molar-refractivity contribution in [2.75, 3.05) is 0 Å². The van der Waals surface area contributed by atoms with Gasteiger partial charge < -0.3 is 0 Å². The number of rotatable bonds is 4. The van der Waals surface area contributed by atoms with E-state index >= 15 is 4.57 Å². The van der Waals surface area contributed by atoms with Gasteiger partial charge in [-0.3, -0.25) is 0 Å². The molecule has 210 valence electrons. The number of benzene rings is 7. The van der Waals surface area contributed by atoms with Gasteiger partial charge in [0.2, 0.25) is 0 Å². The van der Waals surface area contributed by atoms with Gasteiger partial charge in [0, 0.05) is 10.8 Å². The Labute approximate surface area is 257 Å². The molecule has 0 N–H and O–H groups in total. The maximum absolute atomic E-state index is 15.0. The van der Waals surface area contributed by atoms with Crippen LogP contribution in [0.3, 0.4) is 0 Å². The first-order valence-electron chi connectivity index (χ1n) is 14.9.